The van der Waals surface area contributed by atoms with Gasteiger partial charge in [-0.15, -0.1) is 11.3 Å². The van der Waals surface area contributed by atoms with Crippen molar-refractivity contribution in [3.05, 3.63) is 72.3 Å². The van der Waals surface area contributed by atoms with Gasteiger partial charge in [0.2, 0.25) is 0 Å². The van der Waals surface area contributed by atoms with Gasteiger partial charge in [-0.2, -0.15) is 0 Å². The number of hydrogen-bond donors (Lipinski definition) is 1. The number of aromatic nitrogens is 2. The third-order valence-corrected chi connectivity index (χ3v) is 5.04. The molecule has 5 nitrogen and oxygen atoms in total. The lowest BCUT2D eigenvalue weighted by Gasteiger charge is -2.10. The molecule has 134 valence electrons. The molecule has 4 rings (SSSR count). The summed E-state index contributed by atoms with van der Waals surface area (Å²) in [6.45, 7) is 0. The largest absolute Gasteiger partial charge is 0.495 e. The topological polar surface area (TPSA) is 64.1 Å². The highest BCUT2D eigenvalue weighted by atomic mass is 32.1. The van der Waals surface area contributed by atoms with Crippen molar-refractivity contribution < 1.29 is 13.9 Å². The van der Waals surface area contributed by atoms with E-state index < -0.39 is 11.7 Å². The van der Waals surface area contributed by atoms with Gasteiger partial charge < -0.3 is 10.1 Å². The van der Waals surface area contributed by atoms with Crippen LogP contribution in [0.25, 0.3) is 20.8 Å². The fraction of sp³-hybridized carbons (Fsp3) is 0.0500. The lowest BCUT2D eigenvalue weighted by atomic mass is 10.1. The van der Waals surface area contributed by atoms with Gasteiger partial charge in [-0.05, 0) is 24.3 Å². The zero-order chi connectivity index (χ0) is 18.8. The van der Waals surface area contributed by atoms with Crippen molar-refractivity contribution in [1.29, 1.82) is 0 Å². The quantitative estimate of drug-likeness (QED) is 0.555. The average molecular weight is 379 g/mol. The standard InChI is InChI=1S/C20H14FN3O2S/c1-26-12-10-14(21)18(22-11-12)19(25)23-15-7-3-2-6-13(15)20-24-16-8-4-5-9-17(16)27-20/h2-11H,1H3,(H,23,25). The van der Waals surface area contributed by atoms with Gasteiger partial charge in [-0.1, -0.05) is 24.3 Å². The number of fused-ring (bicyclic) bond motifs is 1. The maximum Gasteiger partial charge on any atom is 0.277 e. The number of carbonyl (C=O) groups excluding carboxylic acids is 1. The SMILES string of the molecule is COc1cnc(C(=O)Nc2ccccc2-c2nc3ccccc3s2)c(F)c1. The Bertz CT molecular complexity index is 1110. The first-order chi connectivity index (χ1) is 13.2. The Morgan fingerprint density at radius 3 is 2.70 bits per heavy atom. The van der Waals surface area contributed by atoms with E-state index in [9.17, 15) is 9.18 Å². The van der Waals surface area contributed by atoms with Gasteiger partial charge in [-0.3, -0.25) is 4.79 Å². The van der Waals surface area contributed by atoms with Gasteiger partial charge in [0.15, 0.2) is 11.5 Å². The van der Waals surface area contributed by atoms with Crippen LogP contribution in [0.15, 0.2) is 60.8 Å². The Labute approximate surface area is 158 Å². The van der Waals surface area contributed by atoms with Crippen molar-refractivity contribution in [2.45, 2.75) is 0 Å². The van der Waals surface area contributed by atoms with Crippen LogP contribution in [0.4, 0.5) is 10.1 Å². The number of anilines is 1. The van der Waals surface area contributed by atoms with Crippen LogP contribution in [-0.4, -0.2) is 23.0 Å². The second-order valence-electron chi connectivity index (χ2n) is 5.69. The maximum atomic E-state index is 14.1. The third kappa shape index (κ3) is 3.37. The fourth-order valence-electron chi connectivity index (χ4n) is 2.65. The molecule has 0 spiro atoms. The fourth-order valence-corrected chi connectivity index (χ4v) is 3.65. The minimum atomic E-state index is -0.746. The van der Waals surface area contributed by atoms with E-state index in [2.05, 4.69) is 15.3 Å². The molecule has 0 aliphatic carbocycles. The van der Waals surface area contributed by atoms with E-state index >= 15 is 0 Å². The molecule has 27 heavy (non-hydrogen) atoms. The highest BCUT2D eigenvalue weighted by Crippen LogP contribution is 2.34. The highest BCUT2D eigenvalue weighted by molar-refractivity contribution is 7.21. The summed E-state index contributed by atoms with van der Waals surface area (Å²) in [4.78, 5) is 21.0. The number of benzene rings is 2. The van der Waals surface area contributed by atoms with E-state index in [0.29, 0.717) is 5.69 Å². The van der Waals surface area contributed by atoms with Crippen molar-refractivity contribution in [1.82, 2.24) is 9.97 Å². The second kappa shape index (κ2) is 7.13. The van der Waals surface area contributed by atoms with E-state index in [1.165, 1.54) is 24.6 Å². The van der Waals surface area contributed by atoms with Crippen LogP contribution in [0.1, 0.15) is 10.5 Å². The first kappa shape index (κ1) is 17.1. The normalized spacial score (nSPS) is 10.7. The van der Waals surface area contributed by atoms with Crippen molar-refractivity contribution >= 4 is 33.1 Å². The number of nitrogens with zero attached hydrogens (tertiary/aromatic N) is 2. The molecule has 0 radical (unpaired) electrons. The summed E-state index contributed by atoms with van der Waals surface area (Å²) in [5.41, 5.74) is 1.90. The third-order valence-electron chi connectivity index (χ3n) is 3.97. The van der Waals surface area contributed by atoms with Crippen LogP contribution in [-0.2, 0) is 0 Å². The molecule has 0 unspecified atom stereocenters. The van der Waals surface area contributed by atoms with E-state index in [0.717, 1.165) is 26.9 Å². The maximum absolute atomic E-state index is 14.1. The molecule has 2 heterocycles. The van der Waals surface area contributed by atoms with Gasteiger partial charge in [-0.25, -0.2) is 14.4 Å². The molecule has 1 N–H and O–H groups in total. The number of pyridine rings is 1. The van der Waals surface area contributed by atoms with Gasteiger partial charge in [0.05, 0.1) is 29.2 Å². The van der Waals surface area contributed by atoms with Crippen molar-refractivity contribution in [2.24, 2.45) is 0 Å². The Morgan fingerprint density at radius 2 is 1.93 bits per heavy atom. The molecule has 1 amide bonds. The van der Waals surface area contributed by atoms with Crippen LogP contribution in [0.2, 0.25) is 0 Å². The molecule has 0 saturated heterocycles. The van der Waals surface area contributed by atoms with Gasteiger partial charge >= 0.3 is 0 Å². The second-order valence-corrected chi connectivity index (χ2v) is 6.72. The lowest BCUT2D eigenvalue weighted by Crippen LogP contribution is -2.16. The van der Waals surface area contributed by atoms with E-state index in [-0.39, 0.29) is 11.4 Å². The first-order valence-electron chi connectivity index (χ1n) is 8.11. The van der Waals surface area contributed by atoms with Crippen LogP contribution in [0.5, 0.6) is 5.75 Å². The number of para-hydroxylation sites is 2. The Hall–Kier alpha value is -3.32. The number of hydrogen-bond acceptors (Lipinski definition) is 5. The number of halogens is 1. The summed E-state index contributed by atoms with van der Waals surface area (Å²) < 4.78 is 20.1. The molecular weight excluding hydrogens is 365 g/mol. The van der Waals surface area contributed by atoms with Crippen LogP contribution in [0.3, 0.4) is 0 Å². The number of methoxy groups -OCH3 is 1. The summed E-state index contributed by atoms with van der Waals surface area (Å²) in [7, 11) is 1.41. The van der Waals surface area contributed by atoms with E-state index in [1.54, 1.807) is 12.1 Å². The van der Waals surface area contributed by atoms with Crippen molar-refractivity contribution in [3.8, 4) is 16.3 Å². The molecule has 0 aliphatic heterocycles. The van der Waals surface area contributed by atoms with E-state index in [4.69, 9.17) is 4.74 Å². The number of thiazole rings is 1. The van der Waals surface area contributed by atoms with Gasteiger partial charge in [0.1, 0.15) is 10.8 Å². The summed E-state index contributed by atoms with van der Waals surface area (Å²) in [5, 5.41) is 3.51. The predicted octanol–water partition coefficient (Wildman–Crippen LogP) is 4.76. The average Bonchev–Trinajstić information content (AvgIpc) is 3.12. The summed E-state index contributed by atoms with van der Waals surface area (Å²) >= 11 is 1.53. The number of amides is 1. The minimum absolute atomic E-state index is 0.249. The monoisotopic (exact) mass is 379 g/mol. The van der Waals surface area contributed by atoms with Gasteiger partial charge in [0, 0.05) is 11.6 Å². The number of carbonyl (C=O) groups is 1. The summed E-state index contributed by atoms with van der Waals surface area (Å²) in [6, 6.07) is 16.2. The highest BCUT2D eigenvalue weighted by Gasteiger charge is 2.17. The molecule has 0 aliphatic rings. The molecule has 0 bridgehead atoms. The van der Waals surface area contributed by atoms with Crippen LogP contribution >= 0.6 is 11.3 Å². The smallest absolute Gasteiger partial charge is 0.277 e. The lowest BCUT2D eigenvalue weighted by molar-refractivity contribution is 0.101. The minimum Gasteiger partial charge on any atom is -0.495 e. The number of nitrogens with one attached hydrogen (secondary N) is 1. The summed E-state index contributed by atoms with van der Waals surface area (Å²) in [5.74, 6) is -1.13. The Balaban J connectivity index is 1.68. The van der Waals surface area contributed by atoms with Crippen molar-refractivity contribution in [2.75, 3.05) is 12.4 Å². The molecule has 2 aromatic carbocycles. The molecule has 7 heteroatoms. The molecule has 4 aromatic rings. The van der Waals surface area contributed by atoms with Crippen LogP contribution in [0, 0.1) is 5.82 Å². The van der Waals surface area contributed by atoms with E-state index in [1.807, 2.05) is 36.4 Å². The Morgan fingerprint density at radius 1 is 1.15 bits per heavy atom. The Kier molecular flexibility index (Phi) is 4.52. The molecule has 0 fully saturated rings. The van der Waals surface area contributed by atoms with Crippen LogP contribution < -0.4 is 10.1 Å². The number of rotatable bonds is 4. The molecule has 0 atom stereocenters. The zero-order valence-corrected chi connectivity index (χ0v) is 15.1. The number of ether oxygens (including phenoxy) is 1. The zero-order valence-electron chi connectivity index (χ0n) is 14.3. The summed E-state index contributed by atoms with van der Waals surface area (Å²) in [6.07, 6.45) is 1.30. The first-order valence-corrected chi connectivity index (χ1v) is 8.93. The predicted molar refractivity (Wildman–Crippen MR) is 104 cm³/mol. The molecule has 2 aromatic heterocycles. The van der Waals surface area contributed by atoms with Crippen molar-refractivity contribution in [3.63, 3.8) is 0 Å². The molecule has 0 saturated carbocycles. The molecular formula is C20H14FN3O2S. The van der Waals surface area contributed by atoms with Gasteiger partial charge in [0.25, 0.3) is 5.91 Å².